The lowest BCUT2D eigenvalue weighted by molar-refractivity contribution is -0.331. The molecule has 2 fully saturated rings. The molecule has 14 heteroatoms. The van der Waals surface area contributed by atoms with Gasteiger partial charge in [0, 0.05) is 21.9 Å². The quantitative estimate of drug-likeness (QED) is 0.0477. The second-order valence-electron chi connectivity index (χ2n) is 23.5. The summed E-state index contributed by atoms with van der Waals surface area (Å²) in [5, 5.41) is 13.5. The minimum absolute atomic E-state index is 0. The van der Waals surface area contributed by atoms with Gasteiger partial charge in [-0.05, 0) is 143 Å². The Kier molecular flexibility index (Phi) is 26.6. The van der Waals surface area contributed by atoms with Gasteiger partial charge in [0.25, 0.3) is 11.8 Å². The highest BCUT2D eigenvalue weighted by Gasteiger charge is 2.71. The monoisotopic (exact) mass is 1360 g/mol. The predicted molar refractivity (Wildman–Crippen MR) is 368 cm³/mol. The molecule has 2 saturated carbocycles. The van der Waals surface area contributed by atoms with Crippen molar-refractivity contribution >= 4 is 39.1 Å². The first-order valence-corrected chi connectivity index (χ1v) is 32.7. The van der Waals surface area contributed by atoms with Crippen molar-refractivity contribution in [2.24, 2.45) is 23.7 Å². The van der Waals surface area contributed by atoms with E-state index >= 15 is 17.6 Å². The van der Waals surface area contributed by atoms with Gasteiger partial charge >= 0.3 is 0 Å². The van der Waals surface area contributed by atoms with Gasteiger partial charge in [0.05, 0.1) is 51.8 Å². The van der Waals surface area contributed by atoms with E-state index in [4.69, 9.17) is 51.6 Å². The Morgan fingerprint density at radius 1 is 0.424 bits per heavy atom. The highest BCUT2D eigenvalue weighted by Crippen LogP contribution is 2.61. The van der Waals surface area contributed by atoms with Crippen molar-refractivity contribution in [3.05, 3.63) is 272 Å². The molecule has 0 radical (unpaired) electrons. The van der Waals surface area contributed by atoms with Gasteiger partial charge in [-0.1, -0.05) is 252 Å². The third-order valence-electron chi connectivity index (χ3n) is 17.8. The molecule has 92 heavy (non-hydrogen) atoms. The van der Waals surface area contributed by atoms with Crippen LogP contribution in [0, 0.1) is 23.7 Å². The summed E-state index contributed by atoms with van der Waals surface area (Å²) in [6.07, 6.45) is -2.55. The first-order valence-electron chi connectivity index (χ1n) is 31.2. The molecule has 7 nitrogen and oxygen atoms in total. The molecule has 0 aromatic heterocycles. The Bertz CT molecular complexity index is 3270. The van der Waals surface area contributed by atoms with Crippen LogP contribution >= 0.6 is 39.1 Å². The molecule has 10 atom stereocenters. The number of aliphatic hydroxyl groups is 1. The van der Waals surface area contributed by atoms with Gasteiger partial charge in [-0.3, -0.25) is 0 Å². The van der Waals surface area contributed by atoms with Crippen LogP contribution in [0.4, 0.5) is 17.6 Å². The minimum Gasteiger partial charge on any atom is -0.494 e. The molecule has 0 heterocycles. The number of benzene rings is 8. The predicted octanol–water partition coefficient (Wildman–Crippen LogP) is 20.7. The summed E-state index contributed by atoms with van der Waals surface area (Å²) < 4.78 is 103. The van der Waals surface area contributed by atoms with Crippen LogP contribution in [0.25, 0.3) is 0 Å². The third-order valence-corrected chi connectivity index (χ3v) is 20.0. The van der Waals surface area contributed by atoms with Crippen molar-refractivity contribution in [3.8, 4) is 11.5 Å². The van der Waals surface area contributed by atoms with Crippen molar-refractivity contribution in [1.82, 2.24) is 0 Å². The Balaban J connectivity index is 0.000000255. The number of hydrogen-bond acceptors (Lipinski definition) is 7. The summed E-state index contributed by atoms with van der Waals surface area (Å²) in [5.41, 5.74) is 4.65. The van der Waals surface area contributed by atoms with E-state index in [0.29, 0.717) is 47.2 Å². The zero-order valence-corrected chi connectivity index (χ0v) is 55.0. The summed E-state index contributed by atoms with van der Waals surface area (Å²) in [6, 6.07) is 63.6. The smallest absolute Gasteiger partial charge is 0.286 e. The minimum atomic E-state index is -3.54. The van der Waals surface area contributed by atoms with Crippen molar-refractivity contribution in [3.63, 3.8) is 0 Å². The van der Waals surface area contributed by atoms with E-state index in [2.05, 4.69) is 15.9 Å². The molecule has 2 aliphatic carbocycles. The Hall–Kier alpha value is -6.06. The molecule has 0 bridgehead atoms. The third kappa shape index (κ3) is 16.3. The van der Waals surface area contributed by atoms with Crippen LogP contribution in [0.5, 0.6) is 11.5 Å². The van der Waals surface area contributed by atoms with Crippen molar-refractivity contribution in [1.29, 1.82) is 0 Å². The summed E-state index contributed by atoms with van der Waals surface area (Å²) in [7, 11) is 0. The molecule has 492 valence electrons. The standard InChI is InChI=1S/C38H40BrClF2O3.C38H41ClF2O4.2CH4/c1-4-33-26(3)35(44-24-28-12-8-6-9-13-28)36(45-25-29-14-10-7-11-15-29)37(39,38(33,41)42)31-18-21-34(40)30(23-31)22-27-16-19-32(20-17-27)43-5-2;1-4-33-26(3)35(44-24-28-12-8-6-9-13-28)36(45-25-29-14-10-7-11-15-29)37(42,38(33,40)41)31-18-21-34(39)30(23-31)22-27-16-19-32(20-17-27)43-5-2;;/h6-21,23,26,33,35-36H,4-5,22,24-25H2,1-3H3;6-21,23,26,33,35-36,42H,4-5,22,24-25H2,1-3H3;2*1H4/t2*26-,33-,35+,36-,37?;;/m11../s1. The maximum atomic E-state index is 17.1. The van der Waals surface area contributed by atoms with Crippen LogP contribution in [0.15, 0.2) is 206 Å². The van der Waals surface area contributed by atoms with Crippen LogP contribution < -0.4 is 9.47 Å². The van der Waals surface area contributed by atoms with E-state index in [1.165, 1.54) is 6.07 Å². The molecule has 2 aliphatic rings. The van der Waals surface area contributed by atoms with Gasteiger partial charge in [0.2, 0.25) is 0 Å². The van der Waals surface area contributed by atoms with Crippen LogP contribution in [-0.2, 0) is 68.1 Å². The largest absolute Gasteiger partial charge is 0.494 e. The van der Waals surface area contributed by atoms with Gasteiger partial charge in [0.15, 0.2) is 5.60 Å². The second kappa shape index (κ2) is 33.4. The fourth-order valence-electron chi connectivity index (χ4n) is 13.1. The number of rotatable bonds is 24. The second-order valence-corrected chi connectivity index (χ2v) is 25.6. The van der Waals surface area contributed by atoms with Crippen molar-refractivity contribution < 1.29 is 51.1 Å². The molecular weight excluding hydrogens is 1280 g/mol. The SMILES string of the molecule is C.C.CCOc1ccc(Cc2cc(C3(Br)[C@H](OCc4ccccc4)[C@@H](OCc4ccccc4)[C@H](C)[C@@H](CC)C3(F)F)ccc2Cl)cc1.CCOc1ccc(Cc2cc(C3(O)[C@H](OCc4ccccc4)[C@@H](OCc4ccccc4)[C@H](C)[C@@H](CC)C3(F)F)ccc2Cl)cc1. The van der Waals surface area contributed by atoms with Crippen LogP contribution in [0.3, 0.4) is 0 Å². The molecule has 0 spiro atoms. The number of alkyl halides is 5. The molecule has 2 unspecified atom stereocenters. The summed E-state index contributed by atoms with van der Waals surface area (Å²) in [6.45, 7) is 12.9. The number of ether oxygens (including phenoxy) is 6. The molecular formula is C78H89BrCl2F4O7. The molecule has 8 aromatic rings. The van der Waals surface area contributed by atoms with Gasteiger partial charge in [0.1, 0.15) is 28.0 Å². The first-order chi connectivity index (χ1) is 43.4. The van der Waals surface area contributed by atoms with E-state index in [1.54, 1.807) is 44.2 Å². The van der Waals surface area contributed by atoms with Gasteiger partial charge in [-0.2, -0.15) is 0 Å². The van der Waals surface area contributed by atoms with E-state index in [1.807, 2.05) is 198 Å². The number of halogens is 7. The lowest BCUT2D eigenvalue weighted by atomic mass is 9.62. The average Bonchev–Trinajstić information content (AvgIpc) is 0.719. The lowest BCUT2D eigenvalue weighted by Crippen LogP contribution is -2.69. The zero-order chi connectivity index (χ0) is 64.1. The molecule has 0 aliphatic heterocycles. The highest BCUT2D eigenvalue weighted by atomic mass is 79.9. The van der Waals surface area contributed by atoms with E-state index in [9.17, 15) is 5.11 Å². The first kappa shape index (κ1) is 73.4. The van der Waals surface area contributed by atoms with Crippen LogP contribution in [0.2, 0.25) is 10.0 Å². The normalized spacial score (nSPS) is 23.8. The zero-order valence-electron chi connectivity index (χ0n) is 51.9. The fourth-order valence-corrected chi connectivity index (χ4v) is 14.4. The summed E-state index contributed by atoms with van der Waals surface area (Å²) in [5.74, 6) is -8.40. The van der Waals surface area contributed by atoms with Crippen LogP contribution in [-0.4, -0.2) is 54.6 Å². The Morgan fingerprint density at radius 3 is 1.14 bits per heavy atom. The van der Waals surface area contributed by atoms with Gasteiger partial charge in [-0.15, -0.1) is 0 Å². The molecule has 1 N–H and O–H groups in total. The highest BCUT2D eigenvalue weighted by molar-refractivity contribution is 9.09. The Morgan fingerprint density at radius 2 is 0.761 bits per heavy atom. The molecule has 0 amide bonds. The maximum Gasteiger partial charge on any atom is 0.286 e. The van der Waals surface area contributed by atoms with Crippen LogP contribution in [0.1, 0.15) is 125 Å². The molecule has 10 rings (SSSR count). The Labute approximate surface area is 561 Å². The molecule has 8 aromatic carbocycles. The van der Waals surface area contributed by atoms with Crippen molar-refractivity contribution in [2.75, 3.05) is 13.2 Å². The summed E-state index contributed by atoms with van der Waals surface area (Å²) in [4.78, 5) is 0. The maximum absolute atomic E-state index is 17.1. The van der Waals surface area contributed by atoms with Gasteiger partial charge < -0.3 is 33.5 Å². The van der Waals surface area contributed by atoms with E-state index in [-0.39, 0.29) is 59.7 Å². The topological polar surface area (TPSA) is 75.6 Å². The van der Waals surface area contributed by atoms with Gasteiger partial charge in [-0.25, -0.2) is 17.6 Å². The van der Waals surface area contributed by atoms with E-state index in [0.717, 1.165) is 50.4 Å². The van der Waals surface area contributed by atoms with Crippen molar-refractivity contribution in [2.45, 2.75) is 155 Å². The lowest BCUT2D eigenvalue weighted by Gasteiger charge is -2.55. The average molecular weight is 1370 g/mol. The van der Waals surface area contributed by atoms with E-state index < -0.39 is 69.9 Å². The number of hydrogen-bond donors (Lipinski definition) is 1. The fraction of sp³-hybridized carbons (Fsp3) is 0.385. The summed E-state index contributed by atoms with van der Waals surface area (Å²) >= 11 is 17.0. The molecule has 0 saturated heterocycles.